The Labute approximate surface area is 133 Å². The van der Waals surface area contributed by atoms with E-state index >= 15 is 0 Å². The van der Waals surface area contributed by atoms with Crippen molar-refractivity contribution < 1.29 is 9.59 Å². The lowest BCUT2D eigenvalue weighted by Crippen LogP contribution is -2.40. The van der Waals surface area contributed by atoms with Gasteiger partial charge in [0.15, 0.2) is 0 Å². The van der Waals surface area contributed by atoms with Crippen molar-refractivity contribution >= 4 is 17.5 Å². The van der Waals surface area contributed by atoms with Crippen LogP contribution in [0.25, 0.3) is 0 Å². The molecule has 1 aromatic carbocycles. The van der Waals surface area contributed by atoms with Gasteiger partial charge in [-0.2, -0.15) is 0 Å². The first-order valence-electron chi connectivity index (χ1n) is 8.31. The van der Waals surface area contributed by atoms with Gasteiger partial charge in [0.2, 0.25) is 0 Å². The van der Waals surface area contributed by atoms with Gasteiger partial charge in [-0.15, -0.1) is 0 Å². The molecule has 0 aliphatic rings. The Morgan fingerprint density at radius 3 is 1.95 bits per heavy atom. The van der Waals surface area contributed by atoms with Gasteiger partial charge in [0, 0.05) is 18.8 Å². The number of carbonyl (C=O) groups excluding carboxylic acids is 2. The third-order valence-electron chi connectivity index (χ3n) is 3.66. The predicted molar refractivity (Wildman–Crippen MR) is 90.8 cm³/mol. The second-order valence-electron chi connectivity index (χ2n) is 5.50. The van der Waals surface area contributed by atoms with Crippen molar-refractivity contribution in [2.45, 2.75) is 52.9 Å². The number of carbonyl (C=O) groups is 2. The number of anilines is 1. The summed E-state index contributed by atoms with van der Waals surface area (Å²) in [4.78, 5) is 26.1. The van der Waals surface area contributed by atoms with Crippen LogP contribution in [0.4, 0.5) is 5.69 Å². The first kappa shape index (κ1) is 18.2. The van der Waals surface area contributed by atoms with E-state index in [4.69, 9.17) is 0 Å². The van der Waals surface area contributed by atoms with Gasteiger partial charge >= 0.3 is 11.8 Å². The predicted octanol–water partition coefficient (Wildman–Crippen LogP) is 3.62. The summed E-state index contributed by atoms with van der Waals surface area (Å²) in [7, 11) is 0. The molecule has 0 heterocycles. The second kappa shape index (κ2) is 9.98. The van der Waals surface area contributed by atoms with Crippen LogP contribution in [0.3, 0.4) is 0 Å². The molecule has 1 aromatic rings. The SMILES string of the molecule is CCCCN(CCCC)C(=O)C(=O)Nc1ccc(CC)cc1. The van der Waals surface area contributed by atoms with Crippen molar-refractivity contribution in [1.29, 1.82) is 0 Å². The fourth-order valence-electron chi connectivity index (χ4n) is 2.16. The van der Waals surface area contributed by atoms with Gasteiger partial charge in [0.1, 0.15) is 0 Å². The third-order valence-corrected chi connectivity index (χ3v) is 3.66. The summed E-state index contributed by atoms with van der Waals surface area (Å²) < 4.78 is 0. The molecule has 0 saturated heterocycles. The van der Waals surface area contributed by atoms with E-state index in [0.29, 0.717) is 18.8 Å². The Balaban J connectivity index is 2.64. The zero-order valence-electron chi connectivity index (χ0n) is 14.0. The molecule has 0 radical (unpaired) electrons. The smallest absolute Gasteiger partial charge is 0.313 e. The lowest BCUT2D eigenvalue weighted by atomic mass is 10.1. The minimum atomic E-state index is -0.545. The number of hydrogen-bond acceptors (Lipinski definition) is 2. The van der Waals surface area contributed by atoms with E-state index in [-0.39, 0.29) is 0 Å². The number of nitrogens with zero attached hydrogens (tertiary/aromatic N) is 1. The van der Waals surface area contributed by atoms with E-state index in [9.17, 15) is 9.59 Å². The summed E-state index contributed by atoms with van der Waals surface area (Å²) in [6, 6.07) is 7.61. The van der Waals surface area contributed by atoms with Crippen LogP contribution in [0, 0.1) is 0 Å². The normalized spacial score (nSPS) is 10.3. The van der Waals surface area contributed by atoms with Crippen LogP contribution >= 0.6 is 0 Å². The summed E-state index contributed by atoms with van der Waals surface area (Å²) in [5.41, 5.74) is 1.87. The van der Waals surface area contributed by atoms with Crippen LogP contribution in [-0.2, 0) is 16.0 Å². The van der Waals surface area contributed by atoms with Crippen molar-refractivity contribution in [3.05, 3.63) is 29.8 Å². The van der Waals surface area contributed by atoms with Crippen LogP contribution in [0.1, 0.15) is 52.0 Å². The molecule has 1 N–H and O–H groups in total. The number of unbranched alkanes of at least 4 members (excludes halogenated alkanes) is 2. The Hall–Kier alpha value is -1.84. The average molecular weight is 304 g/mol. The van der Waals surface area contributed by atoms with Crippen molar-refractivity contribution in [1.82, 2.24) is 4.90 Å². The highest BCUT2D eigenvalue weighted by Gasteiger charge is 2.21. The zero-order chi connectivity index (χ0) is 16.4. The number of nitrogens with one attached hydrogen (secondary N) is 1. The van der Waals surface area contributed by atoms with Crippen molar-refractivity contribution in [3.8, 4) is 0 Å². The number of hydrogen-bond donors (Lipinski definition) is 1. The summed E-state index contributed by atoms with van der Waals surface area (Å²) in [6.45, 7) is 7.54. The average Bonchev–Trinajstić information content (AvgIpc) is 2.55. The van der Waals surface area contributed by atoms with E-state index in [1.807, 2.05) is 24.3 Å². The molecule has 0 fully saturated rings. The molecular weight excluding hydrogens is 276 g/mol. The Morgan fingerprint density at radius 1 is 0.955 bits per heavy atom. The van der Waals surface area contributed by atoms with Crippen LogP contribution in [0.5, 0.6) is 0 Å². The molecular formula is C18H28N2O2. The summed E-state index contributed by atoms with van der Waals surface area (Å²) >= 11 is 0. The first-order valence-corrected chi connectivity index (χ1v) is 8.31. The Morgan fingerprint density at radius 2 is 1.50 bits per heavy atom. The molecule has 0 unspecified atom stereocenters. The lowest BCUT2D eigenvalue weighted by Gasteiger charge is -2.21. The number of aryl methyl sites for hydroxylation is 1. The second-order valence-corrected chi connectivity index (χ2v) is 5.50. The van der Waals surface area contributed by atoms with Gasteiger partial charge in [-0.3, -0.25) is 9.59 Å². The van der Waals surface area contributed by atoms with E-state index in [2.05, 4.69) is 26.1 Å². The van der Waals surface area contributed by atoms with E-state index in [1.165, 1.54) is 5.56 Å². The molecule has 0 aliphatic carbocycles. The number of benzene rings is 1. The molecule has 0 bridgehead atoms. The largest absolute Gasteiger partial charge is 0.334 e. The molecule has 22 heavy (non-hydrogen) atoms. The molecule has 1 rings (SSSR count). The fraction of sp³-hybridized carbons (Fsp3) is 0.556. The molecule has 0 saturated carbocycles. The van der Waals surface area contributed by atoms with Gasteiger partial charge in [0.05, 0.1) is 0 Å². The Bertz CT molecular complexity index is 460. The van der Waals surface area contributed by atoms with Gasteiger partial charge in [-0.25, -0.2) is 0 Å². The van der Waals surface area contributed by atoms with Gasteiger partial charge in [0.25, 0.3) is 0 Å². The molecule has 4 heteroatoms. The number of amides is 2. The first-order chi connectivity index (χ1) is 10.6. The molecule has 0 aromatic heterocycles. The molecule has 0 aliphatic heterocycles. The maximum absolute atomic E-state index is 12.3. The minimum absolute atomic E-state index is 0.429. The Kier molecular flexibility index (Phi) is 8.26. The van der Waals surface area contributed by atoms with Crippen LogP contribution in [-0.4, -0.2) is 29.8 Å². The standard InChI is InChI=1S/C18H28N2O2/c1-4-7-13-20(14-8-5-2)18(22)17(21)19-16-11-9-15(6-3)10-12-16/h9-12H,4-8,13-14H2,1-3H3,(H,19,21). The van der Waals surface area contributed by atoms with Crippen LogP contribution < -0.4 is 5.32 Å². The molecule has 2 amide bonds. The molecule has 0 spiro atoms. The van der Waals surface area contributed by atoms with E-state index in [0.717, 1.165) is 32.1 Å². The van der Waals surface area contributed by atoms with Gasteiger partial charge in [-0.1, -0.05) is 45.7 Å². The summed E-state index contributed by atoms with van der Waals surface area (Å²) in [5, 5.41) is 2.70. The third kappa shape index (κ3) is 5.88. The highest BCUT2D eigenvalue weighted by atomic mass is 16.2. The zero-order valence-corrected chi connectivity index (χ0v) is 14.0. The fourth-order valence-corrected chi connectivity index (χ4v) is 2.16. The highest BCUT2D eigenvalue weighted by molar-refractivity contribution is 6.39. The topological polar surface area (TPSA) is 49.4 Å². The molecule has 4 nitrogen and oxygen atoms in total. The highest BCUT2D eigenvalue weighted by Crippen LogP contribution is 2.10. The van der Waals surface area contributed by atoms with E-state index < -0.39 is 11.8 Å². The van der Waals surface area contributed by atoms with E-state index in [1.54, 1.807) is 4.90 Å². The van der Waals surface area contributed by atoms with Gasteiger partial charge in [-0.05, 0) is 37.0 Å². The maximum atomic E-state index is 12.3. The molecule has 0 atom stereocenters. The van der Waals surface area contributed by atoms with Crippen LogP contribution in [0.15, 0.2) is 24.3 Å². The molecule has 122 valence electrons. The maximum Gasteiger partial charge on any atom is 0.313 e. The summed E-state index contributed by atoms with van der Waals surface area (Å²) in [6.07, 6.45) is 4.82. The minimum Gasteiger partial charge on any atom is -0.334 e. The monoisotopic (exact) mass is 304 g/mol. The van der Waals surface area contributed by atoms with Crippen molar-refractivity contribution in [2.24, 2.45) is 0 Å². The lowest BCUT2D eigenvalue weighted by molar-refractivity contribution is -0.143. The van der Waals surface area contributed by atoms with Gasteiger partial charge < -0.3 is 10.2 Å². The van der Waals surface area contributed by atoms with Crippen molar-refractivity contribution in [2.75, 3.05) is 18.4 Å². The van der Waals surface area contributed by atoms with Crippen molar-refractivity contribution in [3.63, 3.8) is 0 Å². The number of rotatable bonds is 8. The van der Waals surface area contributed by atoms with Crippen LogP contribution in [0.2, 0.25) is 0 Å². The quantitative estimate of drug-likeness (QED) is 0.746. The summed E-state index contributed by atoms with van der Waals surface area (Å²) in [5.74, 6) is -0.974.